The number of carboxylic acid groups (broad SMARTS) is 1. The predicted octanol–water partition coefficient (Wildman–Crippen LogP) is 1.07. The molecule has 0 amide bonds. The van der Waals surface area contributed by atoms with Crippen molar-refractivity contribution in [1.82, 2.24) is 0 Å². The van der Waals surface area contributed by atoms with Crippen LogP contribution in [0.4, 0.5) is 0 Å². The van der Waals surface area contributed by atoms with Crippen LogP contribution in [0, 0.1) is 11.3 Å². The molecule has 0 heterocycles. The van der Waals surface area contributed by atoms with E-state index in [1.54, 1.807) is 0 Å². The van der Waals surface area contributed by atoms with Crippen LogP contribution in [0.5, 0.6) is 0 Å². The number of hydrogen-bond acceptors (Lipinski definition) is 3. The second kappa shape index (κ2) is 4.07. The maximum atomic E-state index is 11.1. The Bertz CT molecular complexity index is 230. The zero-order chi connectivity index (χ0) is 10.6. The summed E-state index contributed by atoms with van der Waals surface area (Å²) in [6.07, 6.45) is 1.29. The van der Waals surface area contributed by atoms with Crippen LogP contribution in [-0.4, -0.2) is 24.2 Å². The quantitative estimate of drug-likeness (QED) is 0.527. The molecule has 0 aliphatic heterocycles. The molecule has 0 aromatic carbocycles. The van der Waals surface area contributed by atoms with Crippen molar-refractivity contribution in [3.63, 3.8) is 0 Å². The van der Waals surface area contributed by atoms with E-state index in [0.29, 0.717) is 0 Å². The normalized spacial score (nSPS) is 13.2. The zero-order valence-corrected chi connectivity index (χ0v) is 8.03. The van der Waals surface area contributed by atoms with Gasteiger partial charge >= 0.3 is 11.9 Å². The first-order chi connectivity index (χ1) is 5.87. The van der Waals surface area contributed by atoms with Crippen molar-refractivity contribution >= 4 is 11.9 Å². The van der Waals surface area contributed by atoms with Crippen molar-refractivity contribution in [2.24, 2.45) is 11.3 Å². The van der Waals surface area contributed by atoms with Crippen LogP contribution in [0.15, 0.2) is 12.7 Å². The van der Waals surface area contributed by atoms with Crippen LogP contribution in [0.25, 0.3) is 0 Å². The maximum absolute atomic E-state index is 11.1. The summed E-state index contributed by atoms with van der Waals surface area (Å²) >= 11 is 0. The number of carbonyl (C=O) groups excluding carboxylic acids is 1. The van der Waals surface area contributed by atoms with Gasteiger partial charge in [-0.1, -0.05) is 6.08 Å². The molecule has 13 heavy (non-hydrogen) atoms. The van der Waals surface area contributed by atoms with E-state index in [2.05, 4.69) is 11.3 Å². The van der Waals surface area contributed by atoms with Crippen LogP contribution < -0.4 is 0 Å². The van der Waals surface area contributed by atoms with Gasteiger partial charge in [0.2, 0.25) is 0 Å². The van der Waals surface area contributed by atoms with Gasteiger partial charge in [-0.2, -0.15) is 0 Å². The fraction of sp³-hybridized carbons (Fsp3) is 0.556. The Morgan fingerprint density at radius 3 is 2.23 bits per heavy atom. The highest BCUT2D eigenvalue weighted by molar-refractivity contribution is 5.84. The van der Waals surface area contributed by atoms with Crippen molar-refractivity contribution in [2.45, 2.75) is 13.8 Å². The van der Waals surface area contributed by atoms with E-state index >= 15 is 0 Å². The molecule has 0 saturated carbocycles. The third-order valence-corrected chi connectivity index (χ3v) is 2.02. The smallest absolute Gasteiger partial charge is 0.313 e. The zero-order valence-electron chi connectivity index (χ0n) is 8.03. The second-order valence-corrected chi connectivity index (χ2v) is 3.26. The molecular weight excluding hydrogens is 172 g/mol. The molecule has 0 aliphatic carbocycles. The number of aliphatic carboxylic acids is 1. The van der Waals surface area contributed by atoms with Crippen LogP contribution in [0.3, 0.4) is 0 Å². The highest BCUT2D eigenvalue weighted by Crippen LogP contribution is 2.28. The van der Waals surface area contributed by atoms with Gasteiger partial charge in [-0.15, -0.1) is 6.58 Å². The molecule has 0 bridgehead atoms. The summed E-state index contributed by atoms with van der Waals surface area (Å²) in [5, 5.41) is 8.83. The fourth-order valence-electron chi connectivity index (χ4n) is 0.945. The molecule has 0 rings (SSSR count). The Morgan fingerprint density at radius 1 is 1.54 bits per heavy atom. The summed E-state index contributed by atoms with van der Waals surface area (Å²) in [5.41, 5.74) is -1.19. The van der Waals surface area contributed by atoms with Crippen LogP contribution >= 0.6 is 0 Å². The lowest BCUT2D eigenvalue weighted by Crippen LogP contribution is -2.37. The minimum absolute atomic E-state index is 0.581. The van der Waals surface area contributed by atoms with Gasteiger partial charge in [0.25, 0.3) is 0 Å². The van der Waals surface area contributed by atoms with Gasteiger partial charge in [0.1, 0.15) is 0 Å². The van der Waals surface area contributed by atoms with Gasteiger partial charge in [-0.05, 0) is 13.8 Å². The third-order valence-electron chi connectivity index (χ3n) is 2.02. The highest BCUT2D eigenvalue weighted by Gasteiger charge is 2.40. The Balaban J connectivity index is 4.86. The summed E-state index contributed by atoms with van der Waals surface area (Å²) in [6, 6.07) is 0. The number of methoxy groups -OCH3 is 1. The second-order valence-electron chi connectivity index (χ2n) is 3.26. The Morgan fingerprint density at radius 2 is 2.00 bits per heavy atom. The molecule has 4 nitrogen and oxygen atoms in total. The molecule has 4 heteroatoms. The summed E-state index contributed by atoms with van der Waals surface area (Å²) in [6.45, 7) is 6.33. The van der Waals surface area contributed by atoms with Crippen LogP contribution in [0.2, 0.25) is 0 Å². The van der Waals surface area contributed by atoms with Crippen LogP contribution in [0.1, 0.15) is 13.8 Å². The maximum Gasteiger partial charge on any atom is 0.313 e. The number of rotatable bonds is 4. The Kier molecular flexibility index (Phi) is 3.66. The molecule has 0 fully saturated rings. The molecule has 1 atom stereocenters. The molecule has 1 N–H and O–H groups in total. The van der Waals surface area contributed by atoms with Gasteiger partial charge in [0.15, 0.2) is 0 Å². The molecule has 1 unspecified atom stereocenters. The Labute approximate surface area is 77.2 Å². The van der Waals surface area contributed by atoms with E-state index in [0.717, 1.165) is 0 Å². The number of carbonyl (C=O) groups is 2. The lowest BCUT2D eigenvalue weighted by atomic mass is 9.79. The van der Waals surface area contributed by atoms with Gasteiger partial charge in [0.05, 0.1) is 18.4 Å². The summed E-state index contributed by atoms with van der Waals surface area (Å²) in [5.74, 6) is -2.46. The molecule has 0 aromatic heterocycles. The van der Waals surface area contributed by atoms with Gasteiger partial charge in [0, 0.05) is 0 Å². The minimum Gasteiger partial charge on any atom is -0.481 e. The standard InChI is InChI=1S/C9H14O4/c1-5-6(7(10)13-4)9(2,3)8(11)12/h5-6H,1H2,2-4H3,(H,11,12). The van der Waals surface area contributed by atoms with Crippen molar-refractivity contribution in [3.05, 3.63) is 12.7 Å². The lowest BCUT2D eigenvalue weighted by molar-refractivity contribution is -0.159. The van der Waals surface area contributed by atoms with Gasteiger partial charge in [-0.3, -0.25) is 9.59 Å². The molecule has 0 aliphatic rings. The van der Waals surface area contributed by atoms with E-state index in [1.165, 1.54) is 27.0 Å². The number of hydrogen-bond donors (Lipinski definition) is 1. The first-order valence-electron chi connectivity index (χ1n) is 3.81. The average Bonchev–Trinajstić information content (AvgIpc) is 2.04. The summed E-state index contributed by atoms with van der Waals surface area (Å²) < 4.78 is 4.47. The van der Waals surface area contributed by atoms with E-state index in [1.807, 2.05) is 0 Å². The monoisotopic (exact) mass is 186 g/mol. The number of ether oxygens (including phenoxy) is 1. The predicted molar refractivity (Wildman–Crippen MR) is 47.1 cm³/mol. The first kappa shape index (κ1) is 11.7. The molecule has 0 radical (unpaired) electrons. The highest BCUT2D eigenvalue weighted by atomic mass is 16.5. The van der Waals surface area contributed by atoms with Gasteiger partial charge < -0.3 is 9.84 Å². The average molecular weight is 186 g/mol. The third kappa shape index (κ3) is 2.31. The van der Waals surface area contributed by atoms with Crippen LogP contribution in [-0.2, 0) is 14.3 Å². The number of carboxylic acids is 1. The first-order valence-corrected chi connectivity index (χ1v) is 3.81. The molecule has 0 saturated heterocycles. The molecule has 0 spiro atoms. The van der Waals surface area contributed by atoms with Crippen molar-refractivity contribution in [2.75, 3.05) is 7.11 Å². The topological polar surface area (TPSA) is 63.6 Å². The Hall–Kier alpha value is -1.32. The van der Waals surface area contributed by atoms with E-state index < -0.39 is 23.3 Å². The molecule has 74 valence electrons. The fourth-order valence-corrected chi connectivity index (χ4v) is 0.945. The molecular formula is C9H14O4. The van der Waals surface area contributed by atoms with Crippen molar-refractivity contribution in [1.29, 1.82) is 0 Å². The largest absolute Gasteiger partial charge is 0.481 e. The van der Waals surface area contributed by atoms with Crippen molar-refractivity contribution in [3.8, 4) is 0 Å². The summed E-state index contributed by atoms with van der Waals surface area (Å²) in [4.78, 5) is 21.9. The minimum atomic E-state index is -1.19. The lowest BCUT2D eigenvalue weighted by Gasteiger charge is -2.25. The van der Waals surface area contributed by atoms with Gasteiger partial charge in [-0.25, -0.2) is 0 Å². The SMILES string of the molecule is C=CC(C(=O)OC)C(C)(C)C(=O)O. The van der Waals surface area contributed by atoms with Crippen molar-refractivity contribution < 1.29 is 19.4 Å². The number of esters is 1. The summed E-state index contributed by atoms with van der Waals surface area (Å²) in [7, 11) is 1.22. The molecule has 0 aromatic rings. The van der Waals surface area contributed by atoms with E-state index in [9.17, 15) is 9.59 Å². The van der Waals surface area contributed by atoms with E-state index in [-0.39, 0.29) is 0 Å². The van der Waals surface area contributed by atoms with E-state index in [4.69, 9.17) is 5.11 Å².